The summed E-state index contributed by atoms with van der Waals surface area (Å²) in [5.41, 5.74) is 0.154. The summed E-state index contributed by atoms with van der Waals surface area (Å²) in [6.45, 7) is -0.843. The first-order chi connectivity index (χ1) is 7.88. The Bertz CT molecular complexity index is 373. The summed E-state index contributed by atoms with van der Waals surface area (Å²) in [4.78, 5) is 10.5. The maximum absolute atomic E-state index is 11.7. The van der Waals surface area contributed by atoms with Crippen LogP contribution in [0.4, 0.5) is 13.2 Å². The van der Waals surface area contributed by atoms with Crippen LogP contribution < -0.4 is 0 Å². The molecule has 0 spiro atoms. The van der Waals surface area contributed by atoms with Gasteiger partial charge in [0, 0.05) is 25.5 Å². The Balaban J connectivity index is 2.20. The fraction of sp³-hybridized carbons (Fsp3) is 0.500. The van der Waals surface area contributed by atoms with Crippen LogP contribution in [-0.2, 0) is 11.3 Å². The lowest BCUT2D eigenvalue weighted by molar-refractivity contribution is -0.174. The Hall–Kier alpha value is -1.50. The summed E-state index contributed by atoms with van der Waals surface area (Å²) < 4.78 is 41.1. The van der Waals surface area contributed by atoms with Crippen molar-refractivity contribution in [2.45, 2.75) is 19.1 Å². The van der Waals surface area contributed by atoms with Gasteiger partial charge in [0.2, 0.25) is 0 Å². The highest BCUT2D eigenvalue weighted by molar-refractivity contribution is 5.87. The normalized spacial score (nSPS) is 11.7. The van der Waals surface area contributed by atoms with Crippen LogP contribution in [0.3, 0.4) is 0 Å². The highest BCUT2D eigenvalue weighted by Crippen LogP contribution is 2.14. The van der Waals surface area contributed by atoms with Gasteiger partial charge in [-0.25, -0.2) is 4.79 Å². The van der Waals surface area contributed by atoms with Crippen molar-refractivity contribution in [3.8, 4) is 0 Å². The highest BCUT2D eigenvalue weighted by atomic mass is 19.4. The molecule has 0 saturated heterocycles. The number of alkyl halides is 3. The highest BCUT2D eigenvalue weighted by Gasteiger charge is 2.27. The van der Waals surface area contributed by atoms with Gasteiger partial charge >= 0.3 is 12.1 Å². The maximum atomic E-state index is 11.7. The minimum atomic E-state index is -4.30. The van der Waals surface area contributed by atoms with Crippen LogP contribution in [0.2, 0.25) is 0 Å². The van der Waals surface area contributed by atoms with E-state index in [1.807, 2.05) is 0 Å². The van der Waals surface area contributed by atoms with Gasteiger partial charge in [-0.3, -0.25) is 0 Å². The van der Waals surface area contributed by atoms with Gasteiger partial charge in [0.15, 0.2) is 0 Å². The molecule has 0 aliphatic heterocycles. The summed E-state index contributed by atoms with van der Waals surface area (Å²) in [7, 11) is 0. The molecule has 1 rings (SSSR count). The van der Waals surface area contributed by atoms with Crippen molar-refractivity contribution in [2.24, 2.45) is 0 Å². The number of carboxylic acid groups (broad SMARTS) is 1. The monoisotopic (exact) mass is 251 g/mol. The largest absolute Gasteiger partial charge is 0.478 e. The number of aromatic nitrogens is 1. The lowest BCUT2D eigenvalue weighted by Gasteiger charge is -2.07. The fourth-order valence-electron chi connectivity index (χ4n) is 1.24. The molecule has 0 aromatic carbocycles. The number of hydrogen-bond donors (Lipinski definition) is 1. The predicted octanol–water partition coefficient (Wildman–Crippen LogP) is 2.16. The Morgan fingerprint density at radius 3 is 2.71 bits per heavy atom. The molecule has 17 heavy (non-hydrogen) atoms. The lowest BCUT2D eigenvalue weighted by Crippen LogP contribution is -2.17. The van der Waals surface area contributed by atoms with E-state index in [0.717, 1.165) is 0 Å². The molecule has 0 atom stereocenters. The molecule has 0 saturated carbocycles. The number of ether oxygens (including phenoxy) is 1. The van der Waals surface area contributed by atoms with Gasteiger partial charge in [0.1, 0.15) is 6.61 Å². The molecule has 0 amide bonds. The molecule has 0 bridgehead atoms. The van der Waals surface area contributed by atoms with E-state index >= 15 is 0 Å². The van der Waals surface area contributed by atoms with Crippen LogP contribution in [0.5, 0.6) is 0 Å². The average Bonchev–Trinajstić information content (AvgIpc) is 2.64. The van der Waals surface area contributed by atoms with Crippen molar-refractivity contribution in [1.29, 1.82) is 0 Å². The predicted molar refractivity (Wildman–Crippen MR) is 52.9 cm³/mol. The van der Waals surface area contributed by atoms with Gasteiger partial charge in [-0.2, -0.15) is 13.2 Å². The zero-order chi connectivity index (χ0) is 12.9. The lowest BCUT2D eigenvalue weighted by atomic mass is 10.3. The number of carbonyl (C=O) groups is 1. The molecule has 0 unspecified atom stereocenters. The molecular weight excluding hydrogens is 239 g/mol. The van der Waals surface area contributed by atoms with E-state index in [2.05, 4.69) is 4.74 Å². The zero-order valence-electron chi connectivity index (χ0n) is 8.91. The topological polar surface area (TPSA) is 51.5 Å². The molecule has 0 aliphatic rings. The van der Waals surface area contributed by atoms with Gasteiger partial charge in [0.25, 0.3) is 0 Å². The van der Waals surface area contributed by atoms with Crippen molar-refractivity contribution in [2.75, 3.05) is 13.2 Å². The van der Waals surface area contributed by atoms with Crippen LogP contribution in [0.1, 0.15) is 16.8 Å². The summed E-state index contributed by atoms with van der Waals surface area (Å²) in [5.74, 6) is -1.03. The van der Waals surface area contributed by atoms with Crippen molar-refractivity contribution in [3.63, 3.8) is 0 Å². The van der Waals surface area contributed by atoms with Gasteiger partial charge in [-0.1, -0.05) is 0 Å². The van der Waals surface area contributed by atoms with Crippen LogP contribution >= 0.6 is 0 Å². The van der Waals surface area contributed by atoms with Crippen molar-refractivity contribution >= 4 is 5.97 Å². The molecule has 4 nitrogen and oxygen atoms in total. The van der Waals surface area contributed by atoms with E-state index in [0.29, 0.717) is 13.0 Å². The van der Waals surface area contributed by atoms with Gasteiger partial charge in [-0.05, 0) is 12.5 Å². The van der Waals surface area contributed by atoms with Crippen molar-refractivity contribution in [1.82, 2.24) is 4.57 Å². The fourth-order valence-corrected chi connectivity index (χ4v) is 1.24. The second kappa shape index (κ2) is 5.72. The van der Waals surface area contributed by atoms with Crippen molar-refractivity contribution in [3.05, 3.63) is 24.0 Å². The van der Waals surface area contributed by atoms with Crippen LogP contribution in [0.15, 0.2) is 18.5 Å². The first-order valence-corrected chi connectivity index (χ1v) is 4.92. The number of halogens is 3. The number of rotatable bonds is 6. The molecule has 96 valence electrons. The zero-order valence-corrected chi connectivity index (χ0v) is 8.91. The third-order valence-corrected chi connectivity index (χ3v) is 1.97. The van der Waals surface area contributed by atoms with E-state index in [9.17, 15) is 18.0 Å². The van der Waals surface area contributed by atoms with Crippen LogP contribution in [0, 0.1) is 0 Å². The average molecular weight is 251 g/mol. The van der Waals surface area contributed by atoms with E-state index in [4.69, 9.17) is 5.11 Å². The second-order valence-electron chi connectivity index (χ2n) is 3.46. The van der Waals surface area contributed by atoms with Gasteiger partial charge in [-0.15, -0.1) is 0 Å². The SMILES string of the molecule is O=C(O)c1ccn(CCCOCC(F)(F)F)c1. The summed E-state index contributed by atoms with van der Waals surface area (Å²) in [6.07, 6.45) is -0.924. The molecular formula is C10H12F3NO3. The smallest absolute Gasteiger partial charge is 0.411 e. The third kappa shape index (κ3) is 5.39. The van der Waals surface area contributed by atoms with Crippen LogP contribution in [-0.4, -0.2) is 35.0 Å². The van der Waals surface area contributed by atoms with Crippen LogP contribution in [0.25, 0.3) is 0 Å². The Labute approximate surface area is 95.6 Å². The first-order valence-electron chi connectivity index (χ1n) is 4.92. The minimum absolute atomic E-state index is 0.0138. The number of nitrogens with zero attached hydrogens (tertiary/aromatic N) is 1. The Kier molecular flexibility index (Phi) is 4.56. The van der Waals surface area contributed by atoms with E-state index in [-0.39, 0.29) is 12.2 Å². The van der Waals surface area contributed by atoms with Crippen molar-refractivity contribution < 1.29 is 27.8 Å². The first kappa shape index (κ1) is 13.6. The molecule has 1 aromatic heterocycles. The van der Waals surface area contributed by atoms with E-state index < -0.39 is 18.8 Å². The number of hydrogen-bond acceptors (Lipinski definition) is 2. The Morgan fingerprint density at radius 1 is 1.47 bits per heavy atom. The molecule has 0 aliphatic carbocycles. The van der Waals surface area contributed by atoms with Gasteiger partial charge in [0.05, 0.1) is 5.56 Å². The number of aromatic carboxylic acids is 1. The standard InChI is InChI=1S/C10H12F3NO3/c11-10(12,13)7-17-5-1-3-14-4-2-8(6-14)9(15)16/h2,4,6H,1,3,5,7H2,(H,15,16). The van der Waals surface area contributed by atoms with E-state index in [1.165, 1.54) is 12.3 Å². The quantitative estimate of drug-likeness (QED) is 0.788. The molecule has 1 heterocycles. The second-order valence-corrected chi connectivity index (χ2v) is 3.46. The minimum Gasteiger partial charge on any atom is -0.478 e. The summed E-state index contributed by atoms with van der Waals surface area (Å²) in [6, 6.07) is 1.43. The molecule has 0 fully saturated rings. The van der Waals surface area contributed by atoms with Gasteiger partial charge < -0.3 is 14.4 Å². The summed E-state index contributed by atoms with van der Waals surface area (Å²) >= 11 is 0. The van der Waals surface area contributed by atoms with E-state index in [1.54, 1.807) is 10.8 Å². The third-order valence-electron chi connectivity index (χ3n) is 1.97. The molecule has 0 radical (unpaired) electrons. The maximum Gasteiger partial charge on any atom is 0.411 e. The molecule has 1 N–H and O–H groups in total. The molecule has 1 aromatic rings. The number of aryl methyl sites for hydroxylation is 1. The number of carboxylic acids is 1. The summed E-state index contributed by atoms with van der Waals surface area (Å²) in [5, 5.41) is 8.63. The Morgan fingerprint density at radius 2 is 2.18 bits per heavy atom. The molecule has 7 heteroatoms.